The Balaban J connectivity index is 1.92. The maximum atomic E-state index is 11.7. The third-order valence-corrected chi connectivity index (χ3v) is 3.50. The van der Waals surface area contributed by atoms with Crippen LogP contribution < -0.4 is 5.32 Å². The Morgan fingerprint density at radius 3 is 2.35 bits per heavy atom. The summed E-state index contributed by atoms with van der Waals surface area (Å²) in [5.74, 6) is 0.0257. The molecule has 0 heterocycles. The second-order valence-electron chi connectivity index (χ2n) is 4.04. The number of nitrogens with one attached hydrogen (secondary N) is 1. The molecule has 4 N–H and O–H groups in total. The number of phenolic OH excluding ortho intramolecular Hbond substituents is 3. The Morgan fingerprint density at radius 1 is 1.00 bits per heavy atom. The van der Waals surface area contributed by atoms with Gasteiger partial charge >= 0.3 is 0 Å². The van der Waals surface area contributed by atoms with Crippen LogP contribution in [0.2, 0.25) is 0 Å². The van der Waals surface area contributed by atoms with Crippen LogP contribution in [0, 0.1) is 0 Å². The Kier molecular flexibility index (Phi) is 4.37. The first-order valence-electron chi connectivity index (χ1n) is 5.78. The summed E-state index contributed by atoms with van der Waals surface area (Å²) < 4.78 is 0. The van der Waals surface area contributed by atoms with Gasteiger partial charge in [-0.15, -0.1) is 11.8 Å². The predicted octanol–water partition coefficient (Wildman–Crippen LogP) is 2.53. The molecule has 0 saturated heterocycles. The van der Waals surface area contributed by atoms with Gasteiger partial charge < -0.3 is 20.6 Å². The first kappa shape index (κ1) is 14.1. The van der Waals surface area contributed by atoms with Gasteiger partial charge in [0, 0.05) is 5.69 Å². The van der Waals surface area contributed by atoms with Crippen LogP contribution >= 0.6 is 11.8 Å². The van der Waals surface area contributed by atoms with E-state index in [2.05, 4.69) is 5.32 Å². The maximum absolute atomic E-state index is 11.7. The van der Waals surface area contributed by atoms with Crippen molar-refractivity contribution >= 4 is 23.4 Å². The smallest absolute Gasteiger partial charge is 0.234 e. The molecule has 0 aliphatic heterocycles. The van der Waals surface area contributed by atoms with Crippen LogP contribution in [0.4, 0.5) is 5.69 Å². The molecule has 0 spiro atoms. The van der Waals surface area contributed by atoms with Crippen molar-refractivity contribution in [2.75, 3.05) is 11.1 Å². The lowest BCUT2D eigenvalue weighted by Gasteiger charge is -2.06. The van der Waals surface area contributed by atoms with Crippen molar-refractivity contribution < 1.29 is 20.1 Å². The van der Waals surface area contributed by atoms with Crippen molar-refractivity contribution in [3.05, 3.63) is 42.5 Å². The zero-order valence-corrected chi connectivity index (χ0v) is 11.2. The topological polar surface area (TPSA) is 89.8 Å². The maximum Gasteiger partial charge on any atom is 0.234 e. The average molecular weight is 291 g/mol. The van der Waals surface area contributed by atoms with Crippen LogP contribution in [-0.4, -0.2) is 27.0 Å². The Bertz CT molecular complexity index is 613. The van der Waals surface area contributed by atoms with Crippen molar-refractivity contribution in [1.82, 2.24) is 0 Å². The van der Waals surface area contributed by atoms with E-state index in [1.165, 1.54) is 30.3 Å². The number of anilines is 1. The number of carbonyl (C=O) groups excluding carboxylic acids is 1. The molecule has 2 rings (SSSR count). The molecule has 0 fully saturated rings. The molecule has 0 aliphatic carbocycles. The first-order chi connectivity index (χ1) is 9.54. The molecule has 0 radical (unpaired) electrons. The number of amides is 1. The minimum Gasteiger partial charge on any atom is -0.508 e. The molecule has 5 nitrogen and oxygen atoms in total. The van der Waals surface area contributed by atoms with Crippen LogP contribution in [-0.2, 0) is 4.79 Å². The van der Waals surface area contributed by atoms with Gasteiger partial charge in [-0.05, 0) is 42.5 Å². The zero-order chi connectivity index (χ0) is 14.5. The molecule has 2 aromatic carbocycles. The van der Waals surface area contributed by atoms with Gasteiger partial charge in [-0.25, -0.2) is 0 Å². The number of benzene rings is 2. The Morgan fingerprint density at radius 2 is 1.65 bits per heavy atom. The molecule has 0 saturated carbocycles. The fourth-order valence-corrected chi connectivity index (χ4v) is 2.28. The molecule has 104 valence electrons. The summed E-state index contributed by atoms with van der Waals surface area (Å²) in [5, 5.41) is 30.7. The second kappa shape index (κ2) is 6.21. The van der Waals surface area contributed by atoms with Gasteiger partial charge in [0.2, 0.25) is 5.91 Å². The SMILES string of the molecule is O=C(CSc1cc(O)ccc1O)Nc1ccc(O)cc1. The summed E-state index contributed by atoms with van der Waals surface area (Å²) in [7, 11) is 0. The number of carbonyl (C=O) groups is 1. The van der Waals surface area contributed by atoms with Gasteiger partial charge in [0.05, 0.1) is 10.6 Å². The summed E-state index contributed by atoms with van der Waals surface area (Å²) in [4.78, 5) is 12.2. The lowest BCUT2D eigenvalue weighted by atomic mass is 10.3. The molecular formula is C14H13NO4S. The molecule has 2 aromatic rings. The average Bonchev–Trinajstić information content (AvgIpc) is 2.42. The van der Waals surface area contributed by atoms with E-state index in [1.807, 2.05) is 0 Å². The highest BCUT2D eigenvalue weighted by Crippen LogP contribution is 2.31. The van der Waals surface area contributed by atoms with Gasteiger partial charge in [0.15, 0.2) is 0 Å². The normalized spacial score (nSPS) is 10.2. The van der Waals surface area contributed by atoms with Crippen LogP contribution in [0.3, 0.4) is 0 Å². The van der Waals surface area contributed by atoms with E-state index in [4.69, 9.17) is 5.11 Å². The van der Waals surface area contributed by atoms with Gasteiger partial charge in [-0.3, -0.25) is 4.79 Å². The van der Waals surface area contributed by atoms with E-state index in [9.17, 15) is 15.0 Å². The highest BCUT2D eigenvalue weighted by Gasteiger charge is 2.07. The van der Waals surface area contributed by atoms with Crippen molar-refractivity contribution in [2.45, 2.75) is 4.90 Å². The first-order valence-corrected chi connectivity index (χ1v) is 6.77. The van der Waals surface area contributed by atoms with Gasteiger partial charge in [0.25, 0.3) is 0 Å². The third kappa shape index (κ3) is 3.83. The Labute approximate surface area is 119 Å². The summed E-state index contributed by atoms with van der Waals surface area (Å²) in [5.41, 5.74) is 0.577. The van der Waals surface area contributed by atoms with E-state index in [0.29, 0.717) is 10.6 Å². The quantitative estimate of drug-likeness (QED) is 0.513. The lowest BCUT2D eigenvalue weighted by molar-refractivity contribution is -0.113. The van der Waals surface area contributed by atoms with E-state index >= 15 is 0 Å². The third-order valence-electron chi connectivity index (χ3n) is 2.45. The summed E-state index contributed by atoms with van der Waals surface area (Å²) in [6.07, 6.45) is 0. The van der Waals surface area contributed by atoms with Crippen LogP contribution in [0.15, 0.2) is 47.4 Å². The van der Waals surface area contributed by atoms with Gasteiger partial charge in [-0.1, -0.05) is 0 Å². The molecule has 6 heteroatoms. The van der Waals surface area contributed by atoms with Gasteiger partial charge in [0.1, 0.15) is 17.2 Å². The van der Waals surface area contributed by atoms with Crippen molar-refractivity contribution in [3.63, 3.8) is 0 Å². The van der Waals surface area contributed by atoms with Crippen LogP contribution in [0.25, 0.3) is 0 Å². The van der Waals surface area contributed by atoms with E-state index in [0.717, 1.165) is 11.8 Å². The number of aromatic hydroxyl groups is 3. The van der Waals surface area contributed by atoms with E-state index < -0.39 is 0 Å². The zero-order valence-electron chi connectivity index (χ0n) is 10.4. The van der Waals surface area contributed by atoms with E-state index in [1.54, 1.807) is 12.1 Å². The number of phenols is 3. The van der Waals surface area contributed by atoms with Crippen LogP contribution in [0.5, 0.6) is 17.2 Å². The number of hydrogen-bond acceptors (Lipinski definition) is 5. The molecular weight excluding hydrogens is 278 g/mol. The minimum absolute atomic E-state index is 0.0187. The second-order valence-corrected chi connectivity index (χ2v) is 5.05. The van der Waals surface area contributed by atoms with Crippen molar-refractivity contribution in [1.29, 1.82) is 0 Å². The van der Waals surface area contributed by atoms with Crippen LogP contribution in [0.1, 0.15) is 0 Å². The van der Waals surface area contributed by atoms with E-state index in [-0.39, 0.29) is 28.9 Å². The molecule has 0 aliphatic rings. The summed E-state index contributed by atoms with van der Waals surface area (Å²) in [6.45, 7) is 0. The fourth-order valence-electron chi connectivity index (χ4n) is 1.50. The summed E-state index contributed by atoms with van der Waals surface area (Å²) >= 11 is 1.12. The predicted molar refractivity (Wildman–Crippen MR) is 77.2 cm³/mol. The van der Waals surface area contributed by atoms with Crippen molar-refractivity contribution in [2.24, 2.45) is 0 Å². The lowest BCUT2D eigenvalue weighted by Crippen LogP contribution is -2.13. The number of rotatable bonds is 4. The highest BCUT2D eigenvalue weighted by molar-refractivity contribution is 8.00. The number of thioether (sulfide) groups is 1. The Hall–Kier alpha value is -2.34. The molecule has 0 aromatic heterocycles. The van der Waals surface area contributed by atoms with Gasteiger partial charge in [-0.2, -0.15) is 0 Å². The largest absolute Gasteiger partial charge is 0.508 e. The van der Waals surface area contributed by atoms with Crippen molar-refractivity contribution in [3.8, 4) is 17.2 Å². The highest BCUT2D eigenvalue weighted by atomic mass is 32.2. The standard InChI is InChI=1S/C14H13NO4S/c16-10-3-1-9(2-4-10)15-14(19)8-20-13-7-11(17)5-6-12(13)18/h1-7,16-18H,8H2,(H,15,19). The molecule has 0 unspecified atom stereocenters. The number of hydrogen-bond donors (Lipinski definition) is 4. The fraction of sp³-hybridized carbons (Fsp3) is 0.0714. The monoisotopic (exact) mass is 291 g/mol. The molecule has 0 bridgehead atoms. The minimum atomic E-state index is -0.247. The summed E-state index contributed by atoms with van der Waals surface area (Å²) in [6, 6.07) is 10.3. The molecule has 1 amide bonds. The molecule has 20 heavy (non-hydrogen) atoms. The molecule has 0 atom stereocenters.